The molecular formula is C21H29FO4. The summed E-state index contributed by atoms with van der Waals surface area (Å²) in [5.74, 6) is -1.42. The number of aliphatic hydroxyl groups is 1. The van der Waals surface area contributed by atoms with Gasteiger partial charge in [0.25, 0.3) is 0 Å². The van der Waals surface area contributed by atoms with Crippen molar-refractivity contribution in [3.63, 3.8) is 0 Å². The lowest BCUT2D eigenvalue weighted by atomic mass is 9.57. The summed E-state index contributed by atoms with van der Waals surface area (Å²) in [6.07, 6.45) is 5.79. The molecule has 0 radical (unpaired) electrons. The maximum Gasteiger partial charge on any atom is 0.307 e. The second-order valence-corrected chi connectivity index (χ2v) is 9.04. The van der Waals surface area contributed by atoms with Crippen LogP contribution in [-0.2, 0) is 9.59 Å². The highest BCUT2D eigenvalue weighted by molar-refractivity contribution is 6.01. The Morgan fingerprint density at radius 3 is 2.65 bits per heavy atom. The van der Waals surface area contributed by atoms with Gasteiger partial charge in [0, 0.05) is 12.0 Å². The molecule has 0 aromatic rings. The van der Waals surface area contributed by atoms with Crippen LogP contribution in [0.5, 0.6) is 0 Å². The smallest absolute Gasteiger partial charge is 0.307 e. The SMILES string of the molecule is C[C@@H]1CC(C2C[C@H](F)C3=CC(=O)C=C[C@]3(C)C2)[C@](C)(CCO)C1C(=O)O. The van der Waals surface area contributed by atoms with E-state index in [1.807, 2.05) is 26.8 Å². The fraction of sp³-hybridized carbons (Fsp3) is 0.714. The third kappa shape index (κ3) is 2.94. The van der Waals surface area contributed by atoms with Gasteiger partial charge in [-0.05, 0) is 66.6 Å². The fourth-order valence-corrected chi connectivity index (χ4v) is 6.21. The molecule has 3 rings (SSSR count). The highest BCUT2D eigenvalue weighted by Gasteiger charge is 2.57. The van der Waals surface area contributed by atoms with Crippen LogP contribution in [0.3, 0.4) is 0 Å². The number of fused-ring (bicyclic) bond motifs is 1. The largest absolute Gasteiger partial charge is 0.481 e. The molecule has 0 aromatic heterocycles. The maximum absolute atomic E-state index is 15.0. The monoisotopic (exact) mass is 364 g/mol. The van der Waals surface area contributed by atoms with Crippen molar-refractivity contribution in [1.29, 1.82) is 0 Å². The maximum atomic E-state index is 15.0. The molecule has 5 heteroatoms. The first-order chi connectivity index (χ1) is 12.1. The molecule has 3 unspecified atom stereocenters. The Bertz CT molecular complexity index is 669. The van der Waals surface area contributed by atoms with Crippen molar-refractivity contribution >= 4 is 11.8 Å². The summed E-state index contributed by atoms with van der Waals surface area (Å²) in [6.45, 7) is 5.82. The van der Waals surface area contributed by atoms with Crippen LogP contribution in [0.25, 0.3) is 0 Å². The molecule has 0 aliphatic heterocycles. The third-order valence-corrected chi connectivity index (χ3v) is 7.34. The van der Waals surface area contributed by atoms with Crippen LogP contribution in [0.1, 0.15) is 46.5 Å². The van der Waals surface area contributed by atoms with E-state index in [-0.39, 0.29) is 30.1 Å². The van der Waals surface area contributed by atoms with Crippen LogP contribution in [0, 0.1) is 34.5 Å². The van der Waals surface area contributed by atoms with Crippen molar-refractivity contribution < 1.29 is 24.2 Å². The average Bonchev–Trinajstić information content (AvgIpc) is 2.80. The van der Waals surface area contributed by atoms with Crippen LogP contribution < -0.4 is 0 Å². The summed E-state index contributed by atoms with van der Waals surface area (Å²) in [5.41, 5.74) is -0.470. The van der Waals surface area contributed by atoms with Crippen molar-refractivity contribution in [3.05, 3.63) is 23.8 Å². The summed E-state index contributed by atoms with van der Waals surface area (Å²) in [7, 11) is 0. The van der Waals surface area contributed by atoms with Crippen LogP contribution in [0.4, 0.5) is 4.39 Å². The number of carbonyl (C=O) groups is 2. The van der Waals surface area contributed by atoms with E-state index in [9.17, 15) is 19.8 Å². The standard InChI is InChI=1S/C21H29FO4/c1-12-8-15(21(3,6-7-23)18(12)19(25)26)13-9-17(22)16-10-14(24)4-5-20(16,2)11-13/h4-5,10,12-13,15,17-18,23H,6-9,11H2,1-3H3,(H,25,26)/t12-,13?,15?,17+,18?,20-,21+/m1/s1. The molecule has 4 nitrogen and oxygen atoms in total. The van der Waals surface area contributed by atoms with Crippen molar-refractivity contribution in [2.24, 2.45) is 34.5 Å². The van der Waals surface area contributed by atoms with Gasteiger partial charge in [0.2, 0.25) is 0 Å². The number of aliphatic hydroxyl groups excluding tert-OH is 1. The normalized spacial score (nSPS) is 45.3. The molecule has 0 saturated heterocycles. The molecule has 2 saturated carbocycles. The summed E-state index contributed by atoms with van der Waals surface area (Å²) in [5, 5.41) is 19.4. The van der Waals surface area contributed by atoms with E-state index >= 15 is 4.39 Å². The van der Waals surface area contributed by atoms with E-state index in [0.29, 0.717) is 24.8 Å². The predicted molar refractivity (Wildman–Crippen MR) is 96.2 cm³/mol. The van der Waals surface area contributed by atoms with E-state index in [2.05, 4.69) is 0 Å². The third-order valence-electron chi connectivity index (χ3n) is 7.34. The molecule has 0 spiro atoms. The van der Waals surface area contributed by atoms with Crippen molar-refractivity contribution in [3.8, 4) is 0 Å². The first-order valence-corrected chi connectivity index (χ1v) is 9.55. The van der Waals surface area contributed by atoms with Crippen molar-refractivity contribution in [2.75, 3.05) is 6.61 Å². The minimum Gasteiger partial charge on any atom is -0.481 e. The predicted octanol–water partition coefficient (Wildman–Crippen LogP) is 3.55. The Hall–Kier alpha value is -1.49. The molecule has 0 amide bonds. The molecule has 3 aliphatic rings. The molecule has 3 aliphatic carbocycles. The number of alkyl halides is 1. The topological polar surface area (TPSA) is 74.6 Å². The van der Waals surface area contributed by atoms with Crippen LogP contribution in [0.2, 0.25) is 0 Å². The van der Waals surface area contributed by atoms with Gasteiger partial charge in [-0.1, -0.05) is 26.8 Å². The Morgan fingerprint density at radius 2 is 2.04 bits per heavy atom. The molecule has 26 heavy (non-hydrogen) atoms. The van der Waals surface area contributed by atoms with Gasteiger partial charge in [0.1, 0.15) is 6.17 Å². The van der Waals surface area contributed by atoms with Gasteiger partial charge in [0.15, 0.2) is 5.78 Å². The first kappa shape index (κ1) is 19.3. The van der Waals surface area contributed by atoms with Gasteiger partial charge in [-0.3, -0.25) is 9.59 Å². The summed E-state index contributed by atoms with van der Waals surface area (Å²) in [6, 6.07) is 0. The lowest BCUT2D eigenvalue weighted by Crippen LogP contribution is -2.43. The molecule has 7 atom stereocenters. The zero-order chi connectivity index (χ0) is 19.3. The summed E-state index contributed by atoms with van der Waals surface area (Å²) in [4.78, 5) is 23.6. The Labute approximate surface area is 154 Å². The van der Waals surface area contributed by atoms with E-state index in [0.717, 1.165) is 6.42 Å². The number of ketones is 1. The molecule has 144 valence electrons. The minimum atomic E-state index is -1.18. The molecule has 0 heterocycles. The number of hydrogen-bond donors (Lipinski definition) is 2. The van der Waals surface area contributed by atoms with Crippen molar-refractivity contribution in [1.82, 2.24) is 0 Å². The number of carbonyl (C=O) groups excluding carboxylic acids is 1. The fourth-order valence-electron chi connectivity index (χ4n) is 6.21. The van der Waals surface area contributed by atoms with Crippen molar-refractivity contribution in [2.45, 2.75) is 52.6 Å². The summed E-state index contributed by atoms with van der Waals surface area (Å²) >= 11 is 0. The Morgan fingerprint density at radius 1 is 1.35 bits per heavy atom. The second kappa shape index (κ2) is 6.59. The highest BCUT2D eigenvalue weighted by atomic mass is 19.1. The lowest BCUT2D eigenvalue weighted by molar-refractivity contribution is -0.148. The first-order valence-electron chi connectivity index (χ1n) is 9.55. The Balaban J connectivity index is 1.93. The minimum absolute atomic E-state index is 0.000307. The van der Waals surface area contributed by atoms with Gasteiger partial charge in [-0.15, -0.1) is 0 Å². The molecular weight excluding hydrogens is 335 g/mol. The van der Waals surface area contributed by atoms with Crippen LogP contribution in [0.15, 0.2) is 23.8 Å². The van der Waals surface area contributed by atoms with E-state index < -0.39 is 28.9 Å². The van der Waals surface area contributed by atoms with E-state index in [4.69, 9.17) is 0 Å². The average molecular weight is 364 g/mol. The van der Waals surface area contributed by atoms with E-state index in [1.54, 1.807) is 0 Å². The number of carboxylic acids is 1. The van der Waals surface area contributed by atoms with Crippen LogP contribution >= 0.6 is 0 Å². The highest BCUT2D eigenvalue weighted by Crippen LogP contribution is 2.60. The number of aliphatic carboxylic acids is 1. The number of halogens is 1. The molecule has 2 N–H and O–H groups in total. The van der Waals surface area contributed by atoms with Gasteiger partial charge in [-0.25, -0.2) is 4.39 Å². The zero-order valence-electron chi connectivity index (χ0n) is 15.7. The summed E-state index contributed by atoms with van der Waals surface area (Å²) < 4.78 is 15.0. The zero-order valence-corrected chi connectivity index (χ0v) is 15.7. The number of hydrogen-bond acceptors (Lipinski definition) is 3. The molecule has 0 bridgehead atoms. The lowest BCUT2D eigenvalue weighted by Gasteiger charge is -2.47. The van der Waals surface area contributed by atoms with Crippen LogP contribution in [-0.4, -0.2) is 34.7 Å². The Kier molecular flexibility index (Phi) is 4.89. The number of rotatable bonds is 4. The van der Waals surface area contributed by atoms with Gasteiger partial charge < -0.3 is 10.2 Å². The molecule has 2 fully saturated rings. The van der Waals surface area contributed by atoms with Gasteiger partial charge in [-0.2, -0.15) is 0 Å². The van der Waals surface area contributed by atoms with E-state index in [1.165, 1.54) is 12.2 Å². The molecule has 0 aromatic carbocycles. The second-order valence-electron chi connectivity index (χ2n) is 9.04. The van der Waals surface area contributed by atoms with Gasteiger partial charge >= 0.3 is 5.97 Å². The quantitative estimate of drug-likeness (QED) is 0.800. The number of carboxylic acid groups (broad SMARTS) is 1. The number of allylic oxidation sites excluding steroid dienone is 4. The van der Waals surface area contributed by atoms with Gasteiger partial charge in [0.05, 0.1) is 5.92 Å².